The van der Waals surface area contributed by atoms with Crippen LogP contribution < -0.4 is 10.1 Å². The van der Waals surface area contributed by atoms with E-state index in [2.05, 4.69) is 5.32 Å². The first-order valence-electron chi connectivity index (χ1n) is 13.3. The van der Waals surface area contributed by atoms with E-state index in [0.29, 0.717) is 35.7 Å². The molecule has 3 fully saturated rings. The smallest absolute Gasteiger partial charge is 0.267 e. The van der Waals surface area contributed by atoms with Crippen molar-refractivity contribution >= 4 is 17.5 Å². The van der Waals surface area contributed by atoms with Crippen molar-refractivity contribution in [1.82, 2.24) is 10.2 Å². The average molecular weight is 583 g/mol. The maximum Gasteiger partial charge on any atom is 0.267 e. The van der Waals surface area contributed by atoms with Gasteiger partial charge in [-0.3, -0.25) is 4.79 Å². The standard InChI is InChI=1S/C28H33ClF2N2O7/c29-20-6-3-16(26-25(37)24(36)23(35)22(13-34)40-26)10-17(20)9-15-1-4-18(5-2-15)39-19-11-21(32-12-19)27(38)33-8-7-28(30,31)14-33/h1-6,10,19,21-26,32,34-37H,7-9,11-14H2/t19-,21-,22+,23+,24-,25+,26-/m0/s1. The van der Waals surface area contributed by atoms with Crippen LogP contribution in [-0.4, -0.2) is 100.0 Å². The Labute approximate surface area is 235 Å². The molecule has 3 aliphatic heterocycles. The van der Waals surface area contributed by atoms with E-state index in [1.54, 1.807) is 30.3 Å². The van der Waals surface area contributed by atoms with Crippen molar-refractivity contribution in [2.45, 2.75) is 67.9 Å². The maximum atomic E-state index is 13.5. The van der Waals surface area contributed by atoms with Gasteiger partial charge in [0, 0.05) is 31.0 Å². The summed E-state index contributed by atoms with van der Waals surface area (Å²) in [6, 6.07) is 11.9. The van der Waals surface area contributed by atoms with Gasteiger partial charge in [-0.15, -0.1) is 0 Å². The Balaban J connectivity index is 1.19. The van der Waals surface area contributed by atoms with E-state index in [9.17, 15) is 34.0 Å². The second kappa shape index (κ2) is 11.8. The maximum absolute atomic E-state index is 13.5. The molecular weight excluding hydrogens is 550 g/mol. The van der Waals surface area contributed by atoms with E-state index in [4.69, 9.17) is 21.1 Å². The Morgan fingerprint density at radius 2 is 1.88 bits per heavy atom. The molecule has 40 heavy (non-hydrogen) atoms. The number of aliphatic hydroxyl groups excluding tert-OH is 4. The van der Waals surface area contributed by atoms with Crippen LogP contribution in [0.5, 0.6) is 5.75 Å². The van der Waals surface area contributed by atoms with Crippen LogP contribution in [0.3, 0.4) is 0 Å². The number of nitrogens with one attached hydrogen (secondary N) is 1. The van der Waals surface area contributed by atoms with Crippen LogP contribution in [0.1, 0.15) is 35.6 Å². The molecule has 1 amide bonds. The number of likely N-dealkylation sites (tertiary alicyclic amines) is 1. The average Bonchev–Trinajstić information content (AvgIpc) is 3.55. The molecule has 0 spiro atoms. The summed E-state index contributed by atoms with van der Waals surface area (Å²) in [5.41, 5.74) is 2.22. The van der Waals surface area contributed by atoms with E-state index >= 15 is 0 Å². The molecule has 0 aliphatic carbocycles. The fourth-order valence-electron chi connectivity index (χ4n) is 5.51. The number of ether oxygens (including phenoxy) is 2. The second-order valence-corrected chi connectivity index (χ2v) is 11.1. The molecule has 2 aromatic rings. The number of rotatable bonds is 7. The summed E-state index contributed by atoms with van der Waals surface area (Å²) in [5, 5.41) is 43.7. The van der Waals surface area contributed by atoms with Gasteiger partial charge in [0.25, 0.3) is 5.92 Å². The van der Waals surface area contributed by atoms with Gasteiger partial charge in [0.15, 0.2) is 0 Å². The summed E-state index contributed by atoms with van der Waals surface area (Å²) < 4.78 is 38.7. The minimum Gasteiger partial charge on any atom is -0.489 e. The highest BCUT2D eigenvalue weighted by Crippen LogP contribution is 2.35. The van der Waals surface area contributed by atoms with Gasteiger partial charge in [0.05, 0.1) is 19.2 Å². The van der Waals surface area contributed by atoms with E-state index in [1.807, 2.05) is 12.1 Å². The molecule has 2 aromatic carbocycles. The molecular formula is C28H33ClF2N2O7. The van der Waals surface area contributed by atoms with E-state index in [1.165, 1.54) is 4.90 Å². The lowest BCUT2D eigenvalue weighted by Gasteiger charge is -2.40. The molecule has 5 rings (SSSR count). The van der Waals surface area contributed by atoms with Crippen LogP contribution in [0.25, 0.3) is 0 Å². The zero-order chi connectivity index (χ0) is 28.6. The molecule has 3 heterocycles. The highest BCUT2D eigenvalue weighted by atomic mass is 35.5. The van der Waals surface area contributed by atoms with Crippen LogP contribution in [0.2, 0.25) is 5.02 Å². The molecule has 12 heteroatoms. The van der Waals surface area contributed by atoms with Crippen molar-refractivity contribution in [3.05, 3.63) is 64.2 Å². The number of alkyl halides is 2. The fourth-order valence-corrected chi connectivity index (χ4v) is 5.69. The first-order valence-corrected chi connectivity index (χ1v) is 13.7. The van der Waals surface area contributed by atoms with Gasteiger partial charge in [0.2, 0.25) is 5.91 Å². The topological polar surface area (TPSA) is 132 Å². The third kappa shape index (κ3) is 6.25. The van der Waals surface area contributed by atoms with Gasteiger partial charge in [-0.25, -0.2) is 8.78 Å². The number of halogens is 3. The Bertz CT molecular complexity index is 1200. The Morgan fingerprint density at radius 3 is 2.55 bits per heavy atom. The third-order valence-corrected chi connectivity index (χ3v) is 8.15. The molecule has 0 radical (unpaired) electrons. The molecule has 3 aliphatic rings. The fraction of sp³-hybridized carbons (Fsp3) is 0.536. The van der Waals surface area contributed by atoms with Crippen molar-refractivity contribution in [1.29, 1.82) is 0 Å². The number of carbonyl (C=O) groups excluding carboxylic acids is 1. The highest BCUT2D eigenvalue weighted by molar-refractivity contribution is 6.31. The van der Waals surface area contributed by atoms with Crippen LogP contribution in [0.4, 0.5) is 8.78 Å². The molecule has 0 unspecified atom stereocenters. The summed E-state index contributed by atoms with van der Waals surface area (Å²) in [4.78, 5) is 13.8. The van der Waals surface area contributed by atoms with Gasteiger partial charge in [-0.1, -0.05) is 35.9 Å². The number of aliphatic hydroxyl groups is 4. The quantitative estimate of drug-likeness (QED) is 0.331. The first-order chi connectivity index (χ1) is 19.0. The lowest BCUT2D eigenvalue weighted by Crippen LogP contribution is -2.55. The SMILES string of the molecule is O=C([C@@H]1C[C@H](Oc2ccc(Cc3cc([C@@H]4O[C@H](CO)[C@@H](O)[C@H](O)[C@H]4O)ccc3Cl)cc2)CN1)N1CCC(F)(F)C1. The zero-order valence-electron chi connectivity index (χ0n) is 21.6. The van der Waals surface area contributed by atoms with E-state index < -0.39 is 55.6 Å². The van der Waals surface area contributed by atoms with Gasteiger partial charge in [-0.05, 0) is 41.3 Å². The molecule has 0 saturated carbocycles. The Kier molecular flexibility index (Phi) is 8.63. The number of benzene rings is 2. The Morgan fingerprint density at radius 1 is 1.12 bits per heavy atom. The first kappa shape index (κ1) is 29.1. The summed E-state index contributed by atoms with van der Waals surface area (Å²) in [6.45, 7) is -0.552. The number of amides is 1. The lowest BCUT2D eigenvalue weighted by molar-refractivity contribution is -0.231. The molecule has 0 bridgehead atoms. The van der Waals surface area contributed by atoms with Gasteiger partial charge in [-0.2, -0.15) is 0 Å². The summed E-state index contributed by atoms with van der Waals surface area (Å²) >= 11 is 6.44. The van der Waals surface area contributed by atoms with Crippen molar-refractivity contribution in [2.24, 2.45) is 0 Å². The van der Waals surface area contributed by atoms with Crippen LogP contribution >= 0.6 is 11.6 Å². The van der Waals surface area contributed by atoms with E-state index in [-0.39, 0.29) is 25.0 Å². The highest BCUT2D eigenvalue weighted by Gasteiger charge is 2.45. The van der Waals surface area contributed by atoms with Gasteiger partial charge >= 0.3 is 0 Å². The van der Waals surface area contributed by atoms with Crippen molar-refractivity contribution in [3.63, 3.8) is 0 Å². The predicted octanol–water partition coefficient (Wildman–Crippen LogP) is 1.42. The summed E-state index contributed by atoms with van der Waals surface area (Å²) in [5.74, 6) is -2.53. The van der Waals surface area contributed by atoms with Crippen LogP contribution in [0, 0.1) is 0 Å². The minimum absolute atomic E-state index is 0.0619. The number of hydrogen-bond acceptors (Lipinski definition) is 8. The van der Waals surface area contributed by atoms with Crippen molar-refractivity contribution in [2.75, 3.05) is 26.2 Å². The van der Waals surface area contributed by atoms with Crippen LogP contribution in [-0.2, 0) is 16.0 Å². The monoisotopic (exact) mass is 582 g/mol. The van der Waals surface area contributed by atoms with Gasteiger partial charge < -0.3 is 40.1 Å². The van der Waals surface area contributed by atoms with Crippen molar-refractivity contribution in [3.8, 4) is 5.75 Å². The molecule has 5 N–H and O–H groups in total. The zero-order valence-corrected chi connectivity index (χ0v) is 22.4. The normalized spacial score (nSPS) is 31.9. The molecule has 9 nitrogen and oxygen atoms in total. The van der Waals surface area contributed by atoms with E-state index in [0.717, 1.165) is 11.1 Å². The Hall–Kier alpha value is -2.38. The number of nitrogens with zero attached hydrogens (tertiary/aromatic N) is 1. The molecule has 0 aromatic heterocycles. The number of hydrogen-bond donors (Lipinski definition) is 5. The lowest BCUT2D eigenvalue weighted by atomic mass is 9.90. The van der Waals surface area contributed by atoms with Crippen LogP contribution in [0.15, 0.2) is 42.5 Å². The van der Waals surface area contributed by atoms with Crippen molar-refractivity contribution < 1.29 is 43.5 Å². The summed E-state index contributed by atoms with van der Waals surface area (Å²) in [7, 11) is 0. The molecule has 3 saturated heterocycles. The largest absolute Gasteiger partial charge is 0.489 e. The molecule has 218 valence electrons. The van der Waals surface area contributed by atoms with Gasteiger partial charge in [0.1, 0.15) is 42.4 Å². The molecule has 7 atom stereocenters. The predicted molar refractivity (Wildman–Crippen MR) is 140 cm³/mol. The third-order valence-electron chi connectivity index (χ3n) is 7.78. The second-order valence-electron chi connectivity index (χ2n) is 10.7. The number of carbonyl (C=O) groups is 1. The minimum atomic E-state index is -2.82. The summed E-state index contributed by atoms with van der Waals surface area (Å²) in [6.07, 6.45) is -6.00.